The topological polar surface area (TPSA) is 20.3 Å². The largest absolute Gasteiger partial charge is 0.274 e. The summed E-state index contributed by atoms with van der Waals surface area (Å²) in [4.78, 5) is 11.2. The van der Waals surface area contributed by atoms with Gasteiger partial charge in [0.15, 0.2) is 0 Å². The lowest BCUT2D eigenvalue weighted by molar-refractivity contribution is -0.116. The molecule has 0 aliphatic carbocycles. The normalized spacial score (nSPS) is 9.50. The molecule has 0 bridgehead atoms. The number of carbonyl (C=O) groups excluding carboxylic acids is 1. The smallest absolute Gasteiger partial charge is 0.235 e. The predicted molar refractivity (Wildman–Crippen MR) is 57.1 cm³/mol. The van der Waals surface area contributed by atoms with Gasteiger partial charge < -0.3 is 0 Å². The van der Waals surface area contributed by atoms with Crippen molar-refractivity contribution in [2.75, 3.05) is 3.11 Å². The van der Waals surface area contributed by atoms with E-state index in [0.29, 0.717) is 6.42 Å². The number of anilines is 1. The van der Waals surface area contributed by atoms with Crippen LogP contribution in [-0.4, -0.2) is 5.91 Å². The second-order valence-electron chi connectivity index (χ2n) is 2.29. The molecule has 1 rings (SSSR count). The highest BCUT2D eigenvalue weighted by molar-refractivity contribution is 14.1. The van der Waals surface area contributed by atoms with Crippen LogP contribution >= 0.6 is 22.9 Å². The van der Waals surface area contributed by atoms with Gasteiger partial charge in [0, 0.05) is 6.42 Å². The lowest BCUT2D eigenvalue weighted by Gasteiger charge is -2.12. The number of carbonyl (C=O) groups is 1. The number of amides is 1. The quantitative estimate of drug-likeness (QED) is 0.599. The first-order valence-electron chi connectivity index (χ1n) is 3.70. The fourth-order valence-corrected chi connectivity index (χ4v) is 1.45. The Kier molecular flexibility index (Phi) is 3.52. The zero-order chi connectivity index (χ0) is 8.97. The van der Waals surface area contributed by atoms with Gasteiger partial charge in [-0.2, -0.15) is 0 Å². The second kappa shape index (κ2) is 4.45. The molecule has 1 aromatic rings. The molecular formula is C9H9INO. The highest BCUT2D eigenvalue weighted by Crippen LogP contribution is 2.17. The van der Waals surface area contributed by atoms with E-state index < -0.39 is 0 Å². The van der Waals surface area contributed by atoms with Crippen LogP contribution < -0.4 is 3.11 Å². The van der Waals surface area contributed by atoms with Gasteiger partial charge in [0.1, 0.15) is 0 Å². The zero-order valence-electron chi connectivity index (χ0n) is 6.75. The van der Waals surface area contributed by atoms with Crippen molar-refractivity contribution in [3.05, 3.63) is 30.3 Å². The third kappa shape index (κ3) is 2.20. The molecule has 1 amide bonds. The van der Waals surface area contributed by atoms with Crippen molar-refractivity contribution in [3.8, 4) is 0 Å². The molecule has 0 spiro atoms. The van der Waals surface area contributed by atoms with E-state index in [1.54, 1.807) is 15.2 Å². The Balaban J connectivity index is 2.78. The lowest BCUT2D eigenvalue weighted by atomic mass is 10.3. The average Bonchev–Trinajstić information content (AvgIpc) is 2.17. The molecule has 0 atom stereocenters. The molecular weight excluding hydrogens is 265 g/mol. The summed E-state index contributed by atoms with van der Waals surface area (Å²) in [5.41, 5.74) is 0.904. The van der Waals surface area contributed by atoms with Gasteiger partial charge in [-0.3, -0.25) is 7.91 Å². The van der Waals surface area contributed by atoms with E-state index in [2.05, 4.69) is 6.07 Å². The molecule has 0 aliphatic rings. The molecule has 0 aliphatic heterocycles. The SMILES string of the molecule is CCC(=O)N(I)c1cc[c]cc1. The average molecular weight is 274 g/mol. The molecule has 0 fully saturated rings. The highest BCUT2D eigenvalue weighted by Gasteiger charge is 2.08. The standard InChI is InChI=1S/C9H9INO/c1-2-9(12)11(10)8-6-4-3-5-7-8/h4-7H,2H2,1H3. The molecule has 63 valence electrons. The number of hydrogen-bond acceptors (Lipinski definition) is 1. The van der Waals surface area contributed by atoms with Crippen LogP contribution in [-0.2, 0) is 4.79 Å². The summed E-state index contributed by atoms with van der Waals surface area (Å²) in [6, 6.07) is 10.2. The third-order valence-corrected chi connectivity index (χ3v) is 2.54. The van der Waals surface area contributed by atoms with E-state index in [0.717, 1.165) is 5.69 Å². The molecule has 3 heteroatoms. The van der Waals surface area contributed by atoms with Gasteiger partial charge in [0.2, 0.25) is 5.91 Å². The first-order valence-corrected chi connectivity index (χ1v) is 4.67. The number of benzene rings is 1. The van der Waals surface area contributed by atoms with Crippen LogP contribution in [0.4, 0.5) is 5.69 Å². The van der Waals surface area contributed by atoms with Crippen LogP contribution in [0.15, 0.2) is 24.3 Å². The van der Waals surface area contributed by atoms with Gasteiger partial charge >= 0.3 is 0 Å². The minimum Gasteiger partial charge on any atom is -0.274 e. The first-order chi connectivity index (χ1) is 5.75. The van der Waals surface area contributed by atoms with Crippen LogP contribution in [0.25, 0.3) is 0 Å². The number of hydrogen-bond donors (Lipinski definition) is 0. The van der Waals surface area contributed by atoms with E-state index in [-0.39, 0.29) is 5.91 Å². The second-order valence-corrected chi connectivity index (χ2v) is 3.25. The Morgan fingerprint density at radius 3 is 2.67 bits per heavy atom. The van der Waals surface area contributed by atoms with E-state index in [9.17, 15) is 4.79 Å². The van der Waals surface area contributed by atoms with Gasteiger partial charge in [0.05, 0.1) is 28.6 Å². The lowest BCUT2D eigenvalue weighted by Crippen LogP contribution is -2.17. The monoisotopic (exact) mass is 274 g/mol. The van der Waals surface area contributed by atoms with E-state index in [1.807, 2.05) is 41.9 Å². The van der Waals surface area contributed by atoms with E-state index in [4.69, 9.17) is 0 Å². The molecule has 0 unspecified atom stereocenters. The summed E-state index contributed by atoms with van der Waals surface area (Å²) < 4.78 is 1.62. The van der Waals surface area contributed by atoms with Crippen molar-refractivity contribution in [2.24, 2.45) is 0 Å². The highest BCUT2D eigenvalue weighted by atomic mass is 127. The zero-order valence-corrected chi connectivity index (χ0v) is 8.91. The Morgan fingerprint density at radius 1 is 1.58 bits per heavy atom. The summed E-state index contributed by atoms with van der Waals surface area (Å²) in [5.74, 6) is 0.113. The molecule has 0 saturated heterocycles. The van der Waals surface area contributed by atoms with Crippen molar-refractivity contribution in [2.45, 2.75) is 13.3 Å². The molecule has 1 radical (unpaired) electrons. The van der Waals surface area contributed by atoms with Gasteiger partial charge in [-0.1, -0.05) is 19.1 Å². The maximum atomic E-state index is 11.2. The van der Waals surface area contributed by atoms with Crippen LogP contribution in [0.2, 0.25) is 0 Å². The Morgan fingerprint density at radius 2 is 2.17 bits per heavy atom. The van der Waals surface area contributed by atoms with Gasteiger partial charge in [-0.15, -0.1) is 0 Å². The maximum absolute atomic E-state index is 11.2. The van der Waals surface area contributed by atoms with Crippen molar-refractivity contribution < 1.29 is 4.79 Å². The molecule has 12 heavy (non-hydrogen) atoms. The molecule has 2 nitrogen and oxygen atoms in total. The van der Waals surface area contributed by atoms with Crippen LogP contribution in [0.3, 0.4) is 0 Å². The third-order valence-electron chi connectivity index (χ3n) is 1.45. The van der Waals surface area contributed by atoms with Gasteiger partial charge in [0.25, 0.3) is 0 Å². The minimum atomic E-state index is 0.113. The molecule has 1 aromatic carbocycles. The fourth-order valence-electron chi connectivity index (χ4n) is 0.792. The van der Waals surface area contributed by atoms with Crippen molar-refractivity contribution in [3.63, 3.8) is 0 Å². The fraction of sp³-hybridized carbons (Fsp3) is 0.222. The summed E-state index contributed by atoms with van der Waals surface area (Å²) >= 11 is 2.00. The molecule has 0 aromatic heterocycles. The van der Waals surface area contributed by atoms with E-state index >= 15 is 0 Å². The first kappa shape index (κ1) is 9.51. The number of halogens is 1. The Bertz CT molecular complexity index is 260. The van der Waals surface area contributed by atoms with Crippen molar-refractivity contribution in [1.29, 1.82) is 0 Å². The maximum Gasteiger partial charge on any atom is 0.235 e. The summed E-state index contributed by atoms with van der Waals surface area (Å²) in [7, 11) is 0. The number of rotatable bonds is 2. The number of nitrogens with zero attached hydrogens (tertiary/aromatic N) is 1. The van der Waals surface area contributed by atoms with Crippen LogP contribution in [0, 0.1) is 6.07 Å². The summed E-state index contributed by atoms with van der Waals surface area (Å²) in [5, 5.41) is 0. The predicted octanol–water partition coefficient (Wildman–Crippen LogP) is 2.58. The van der Waals surface area contributed by atoms with Gasteiger partial charge in [-0.05, 0) is 18.2 Å². The van der Waals surface area contributed by atoms with E-state index in [1.165, 1.54) is 0 Å². The Labute approximate surface area is 86.1 Å². The molecule has 0 saturated carbocycles. The van der Waals surface area contributed by atoms with Crippen molar-refractivity contribution >= 4 is 34.5 Å². The Hall–Kier alpha value is -0.580. The van der Waals surface area contributed by atoms with Crippen molar-refractivity contribution in [1.82, 2.24) is 0 Å². The van der Waals surface area contributed by atoms with Crippen LogP contribution in [0.5, 0.6) is 0 Å². The minimum absolute atomic E-state index is 0.113. The van der Waals surface area contributed by atoms with Gasteiger partial charge in [-0.25, -0.2) is 0 Å². The molecule has 0 N–H and O–H groups in total. The van der Waals surface area contributed by atoms with Crippen LogP contribution in [0.1, 0.15) is 13.3 Å². The summed E-state index contributed by atoms with van der Waals surface area (Å²) in [6.07, 6.45) is 0.529. The molecule has 0 heterocycles. The summed E-state index contributed by atoms with van der Waals surface area (Å²) in [6.45, 7) is 1.85.